The van der Waals surface area contributed by atoms with Gasteiger partial charge in [-0.05, 0) is 111 Å². The smallest absolute Gasteiger partial charge is 0.252 e. The van der Waals surface area contributed by atoms with Gasteiger partial charge in [0.05, 0.1) is 0 Å². The molecule has 2 aliphatic rings. The number of benzene rings is 9. The Morgan fingerprint density at radius 1 is 0.382 bits per heavy atom. The molecule has 9 aromatic rings. The molecule has 2 nitrogen and oxygen atoms in total. The molecular weight excluding hydrogens is 663 g/mol. The van der Waals surface area contributed by atoms with Crippen LogP contribution in [0.4, 0.5) is 34.1 Å². The van der Waals surface area contributed by atoms with E-state index in [0.29, 0.717) is 0 Å². The van der Waals surface area contributed by atoms with Crippen molar-refractivity contribution in [3.05, 3.63) is 199 Å². The molecule has 3 heteroatoms. The molecule has 0 atom stereocenters. The first-order chi connectivity index (χ1) is 27.1. The molecule has 0 bridgehead atoms. The van der Waals surface area contributed by atoms with Crippen molar-refractivity contribution in [3.8, 4) is 22.3 Å². The zero-order chi connectivity index (χ0) is 36.6. The van der Waals surface area contributed by atoms with E-state index >= 15 is 0 Å². The van der Waals surface area contributed by atoms with Gasteiger partial charge < -0.3 is 9.80 Å². The molecule has 0 saturated heterocycles. The van der Waals surface area contributed by atoms with Crippen LogP contribution in [0.3, 0.4) is 0 Å². The normalized spacial score (nSPS) is 12.8. The largest absolute Gasteiger partial charge is 0.311 e. The average molecular weight is 701 g/mol. The summed E-state index contributed by atoms with van der Waals surface area (Å²) >= 11 is 0. The fraction of sp³-hybridized carbons (Fsp3) is 0.0385. The summed E-state index contributed by atoms with van der Waals surface area (Å²) in [4.78, 5) is 5.10. The van der Waals surface area contributed by atoms with Gasteiger partial charge in [0, 0.05) is 44.9 Å². The zero-order valence-corrected chi connectivity index (χ0v) is 30.9. The van der Waals surface area contributed by atoms with Gasteiger partial charge in [-0.1, -0.05) is 152 Å². The second-order valence-corrected chi connectivity index (χ2v) is 15.0. The first-order valence-corrected chi connectivity index (χ1v) is 19.2. The molecule has 0 aromatic heterocycles. The molecule has 55 heavy (non-hydrogen) atoms. The van der Waals surface area contributed by atoms with E-state index in [2.05, 4.69) is 212 Å². The topological polar surface area (TPSA) is 6.48 Å². The highest BCUT2D eigenvalue weighted by Crippen LogP contribution is 2.49. The minimum atomic E-state index is 0.0286. The maximum Gasteiger partial charge on any atom is 0.252 e. The van der Waals surface area contributed by atoms with Gasteiger partial charge in [0.1, 0.15) is 0 Å². The predicted molar refractivity (Wildman–Crippen MR) is 236 cm³/mol. The monoisotopic (exact) mass is 700 g/mol. The van der Waals surface area contributed by atoms with Crippen LogP contribution in [0, 0.1) is 13.8 Å². The van der Waals surface area contributed by atoms with Gasteiger partial charge in [-0.2, -0.15) is 0 Å². The number of fused-ring (bicyclic) bond motifs is 8. The molecule has 258 valence electrons. The maximum absolute atomic E-state index is 2.55. The van der Waals surface area contributed by atoms with Crippen molar-refractivity contribution in [2.75, 3.05) is 9.80 Å². The van der Waals surface area contributed by atoms with Crippen LogP contribution in [0.25, 0.3) is 43.8 Å². The van der Waals surface area contributed by atoms with Crippen molar-refractivity contribution in [2.45, 2.75) is 13.8 Å². The van der Waals surface area contributed by atoms with Gasteiger partial charge in [-0.15, -0.1) is 0 Å². The van der Waals surface area contributed by atoms with Crippen LogP contribution in [-0.2, 0) is 0 Å². The second kappa shape index (κ2) is 12.4. The number of rotatable bonds is 4. The van der Waals surface area contributed by atoms with Gasteiger partial charge in [-0.25, -0.2) is 0 Å². The Morgan fingerprint density at radius 2 is 0.818 bits per heavy atom. The van der Waals surface area contributed by atoms with Crippen LogP contribution in [0.1, 0.15) is 11.1 Å². The zero-order valence-electron chi connectivity index (χ0n) is 30.9. The fourth-order valence-corrected chi connectivity index (χ4v) is 9.57. The van der Waals surface area contributed by atoms with Gasteiger partial charge in [0.15, 0.2) is 0 Å². The molecule has 0 spiro atoms. The molecule has 0 N–H and O–H groups in total. The highest BCUT2D eigenvalue weighted by molar-refractivity contribution is 7.00. The Labute approximate surface area is 322 Å². The van der Waals surface area contributed by atoms with Gasteiger partial charge in [0.2, 0.25) is 0 Å². The first kappa shape index (κ1) is 31.7. The number of hydrogen-bond donors (Lipinski definition) is 0. The minimum Gasteiger partial charge on any atom is -0.311 e. The lowest BCUT2D eigenvalue weighted by atomic mass is 9.33. The summed E-state index contributed by atoms with van der Waals surface area (Å²) in [6, 6.07) is 69.6. The van der Waals surface area contributed by atoms with Crippen LogP contribution >= 0.6 is 0 Å². The summed E-state index contributed by atoms with van der Waals surface area (Å²) in [7, 11) is 0. The molecule has 0 saturated carbocycles. The maximum atomic E-state index is 2.55. The van der Waals surface area contributed by atoms with E-state index in [4.69, 9.17) is 0 Å². The number of hydrogen-bond acceptors (Lipinski definition) is 2. The van der Waals surface area contributed by atoms with Crippen molar-refractivity contribution in [3.63, 3.8) is 0 Å². The summed E-state index contributed by atoms with van der Waals surface area (Å²) in [5, 5.41) is 5.00. The van der Waals surface area contributed by atoms with E-state index in [9.17, 15) is 0 Å². The van der Waals surface area contributed by atoms with Crippen LogP contribution in [-0.4, -0.2) is 6.71 Å². The third-order valence-corrected chi connectivity index (χ3v) is 11.8. The van der Waals surface area contributed by atoms with Gasteiger partial charge in [0.25, 0.3) is 6.71 Å². The molecule has 0 unspecified atom stereocenters. The lowest BCUT2D eigenvalue weighted by Crippen LogP contribution is -2.61. The van der Waals surface area contributed by atoms with Crippen molar-refractivity contribution in [1.29, 1.82) is 0 Å². The fourth-order valence-electron chi connectivity index (χ4n) is 9.57. The number of para-hydroxylation sites is 2. The van der Waals surface area contributed by atoms with E-state index in [-0.39, 0.29) is 6.71 Å². The number of nitrogens with zero attached hydrogens (tertiary/aromatic N) is 2. The number of aryl methyl sites for hydroxylation is 2. The van der Waals surface area contributed by atoms with E-state index < -0.39 is 0 Å². The van der Waals surface area contributed by atoms with E-state index in [1.165, 1.54) is 94.1 Å². The Bertz CT molecular complexity index is 2780. The van der Waals surface area contributed by atoms with Gasteiger partial charge >= 0.3 is 0 Å². The Balaban J connectivity index is 1.29. The van der Waals surface area contributed by atoms with Crippen LogP contribution in [0.2, 0.25) is 0 Å². The minimum absolute atomic E-state index is 0.0286. The van der Waals surface area contributed by atoms with Crippen molar-refractivity contribution in [2.24, 2.45) is 0 Å². The first-order valence-electron chi connectivity index (χ1n) is 19.2. The predicted octanol–water partition coefficient (Wildman–Crippen LogP) is 12.0. The third kappa shape index (κ3) is 4.83. The summed E-state index contributed by atoms with van der Waals surface area (Å²) < 4.78 is 0. The van der Waals surface area contributed by atoms with Gasteiger partial charge in [-0.3, -0.25) is 0 Å². The molecule has 0 fully saturated rings. The molecule has 0 amide bonds. The quantitative estimate of drug-likeness (QED) is 0.169. The Hall–Kier alpha value is -6.84. The molecule has 11 rings (SSSR count). The van der Waals surface area contributed by atoms with Crippen molar-refractivity contribution in [1.82, 2.24) is 0 Å². The highest BCUT2D eigenvalue weighted by atomic mass is 15.2. The Morgan fingerprint density at radius 3 is 1.31 bits per heavy atom. The third-order valence-electron chi connectivity index (χ3n) is 11.8. The van der Waals surface area contributed by atoms with E-state index in [0.717, 1.165) is 11.4 Å². The van der Waals surface area contributed by atoms with Crippen molar-refractivity contribution < 1.29 is 0 Å². The summed E-state index contributed by atoms with van der Waals surface area (Å²) in [6.07, 6.45) is 0. The second-order valence-electron chi connectivity index (χ2n) is 15.0. The van der Waals surface area contributed by atoms with Crippen LogP contribution in [0.15, 0.2) is 188 Å². The Kier molecular flexibility index (Phi) is 7.12. The number of anilines is 6. The highest BCUT2D eigenvalue weighted by Gasteiger charge is 2.44. The lowest BCUT2D eigenvalue weighted by molar-refractivity contribution is 1.26. The SMILES string of the molecule is Cc1cc(-c2ccccc2)cc(C)c1-c1cc2c3c(c1)N(c1ccccc1)c1c(ccc4ccccc14)B3c1ccc3ccccc3c1N2c1ccccc1. The lowest BCUT2D eigenvalue weighted by Gasteiger charge is -2.45. The molecule has 2 heterocycles. The molecule has 2 aliphatic heterocycles. The average Bonchev–Trinajstić information content (AvgIpc) is 3.24. The summed E-state index contributed by atoms with van der Waals surface area (Å²) in [5.41, 5.74) is 18.8. The van der Waals surface area contributed by atoms with E-state index in [1.807, 2.05) is 0 Å². The van der Waals surface area contributed by atoms with E-state index in [1.54, 1.807) is 0 Å². The summed E-state index contributed by atoms with van der Waals surface area (Å²) in [5.74, 6) is 0. The molecule has 0 radical (unpaired) electrons. The molecule has 0 aliphatic carbocycles. The van der Waals surface area contributed by atoms with Crippen LogP contribution < -0.4 is 26.2 Å². The molecule has 9 aromatic carbocycles. The molecular formula is C52H37BN2. The van der Waals surface area contributed by atoms with Crippen LogP contribution in [0.5, 0.6) is 0 Å². The standard InChI is InChI=1S/C52H37BN2/c1-34-30-39(36-16-6-3-7-17-36)31-35(2)49(34)40-32-47-50-48(33-40)55(42-22-10-5-11-23-42)52-44-25-15-13-19-38(44)27-29-46(52)53(50)45-28-26-37-18-12-14-24-43(37)51(45)54(47)41-20-8-4-9-21-41/h3-33H,1-2H3. The summed E-state index contributed by atoms with van der Waals surface area (Å²) in [6.45, 7) is 4.58. The van der Waals surface area contributed by atoms with Crippen molar-refractivity contribution >= 4 is 78.8 Å².